The number of nitrogens with zero attached hydrogens (tertiary/aromatic N) is 2. The standard InChI is InChI=1S/C17H22F2N4O2S/c1-4-24-13-7-5-6-12(15(13)25-16(18)19)8-21-17(20-3)22-9-14-11(2)23-10-26-14/h5-7,10,16H,4,8-9H2,1-3H3,(H2,20,21,22). The molecule has 0 radical (unpaired) electrons. The third-order valence-electron chi connectivity index (χ3n) is 3.50. The number of rotatable bonds is 8. The first kappa shape index (κ1) is 19.9. The van der Waals surface area contributed by atoms with Crippen LogP contribution in [0.1, 0.15) is 23.1 Å². The average Bonchev–Trinajstić information content (AvgIpc) is 3.02. The second-order valence-electron chi connectivity index (χ2n) is 5.20. The van der Waals surface area contributed by atoms with Crippen LogP contribution in [0.25, 0.3) is 0 Å². The topological polar surface area (TPSA) is 67.8 Å². The molecule has 0 amide bonds. The minimum Gasteiger partial charge on any atom is -0.490 e. The molecule has 142 valence electrons. The Labute approximate surface area is 155 Å². The number of aliphatic imine (C=N–C) groups is 1. The van der Waals surface area contributed by atoms with Gasteiger partial charge < -0.3 is 20.1 Å². The van der Waals surface area contributed by atoms with Gasteiger partial charge in [0, 0.05) is 24.0 Å². The second kappa shape index (κ2) is 9.91. The molecule has 0 saturated heterocycles. The molecule has 1 aromatic heterocycles. The minimum absolute atomic E-state index is 0.0330. The fourth-order valence-electron chi connectivity index (χ4n) is 2.25. The molecule has 6 nitrogen and oxygen atoms in total. The van der Waals surface area contributed by atoms with E-state index in [9.17, 15) is 8.78 Å². The molecule has 0 atom stereocenters. The number of nitrogens with one attached hydrogen (secondary N) is 2. The molecule has 1 aromatic carbocycles. The molecule has 0 aliphatic carbocycles. The van der Waals surface area contributed by atoms with Crippen molar-refractivity contribution in [2.45, 2.75) is 33.5 Å². The number of hydrogen-bond acceptors (Lipinski definition) is 5. The Balaban J connectivity index is 2.04. The number of hydrogen-bond donors (Lipinski definition) is 2. The van der Waals surface area contributed by atoms with Gasteiger partial charge in [0.2, 0.25) is 0 Å². The van der Waals surface area contributed by atoms with Crippen LogP contribution in [0, 0.1) is 6.92 Å². The first-order chi connectivity index (χ1) is 12.5. The molecule has 0 fully saturated rings. The summed E-state index contributed by atoms with van der Waals surface area (Å²) in [5.41, 5.74) is 3.30. The van der Waals surface area contributed by atoms with Crippen molar-refractivity contribution >= 4 is 17.3 Å². The summed E-state index contributed by atoms with van der Waals surface area (Å²) in [6.45, 7) is 1.98. The highest BCUT2D eigenvalue weighted by molar-refractivity contribution is 7.09. The quantitative estimate of drug-likeness (QED) is 0.540. The summed E-state index contributed by atoms with van der Waals surface area (Å²) in [4.78, 5) is 9.44. The van der Waals surface area contributed by atoms with Gasteiger partial charge in [0.05, 0.1) is 24.4 Å². The van der Waals surface area contributed by atoms with E-state index in [4.69, 9.17) is 4.74 Å². The van der Waals surface area contributed by atoms with E-state index in [0.717, 1.165) is 10.6 Å². The van der Waals surface area contributed by atoms with Gasteiger partial charge in [-0.3, -0.25) is 4.99 Å². The second-order valence-corrected chi connectivity index (χ2v) is 6.14. The Kier molecular flexibility index (Phi) is 7.58. The molecule has 0 aliphatic rings. The fourth-order valence-corrected chi connectivity index (χ4v) is 2.97. The Hall–Kier alpha value is -2.42. The molecular weight excluding hydrogens is 362 g/mol. The van der Waals surface area contributed by atoms with Crippen molar-refractivity contribution < 1.29 is 18.3 Å². The molecule has 0 saturated carbocycles. The zero-order valence-corrected chi connectivity index (χ0v) is 15.7. The van der Waals surface area contributed by atoms with Gasteiger partial charge in [0.1, 0.15) is 0 Å². The van der Waals surface area contributed by atoms with Crippen LogP contribution in [-0.4, -0.2) is 31.2 Å². The number of halogens is 2. The van der Waals surface area contributed by atoms with Gasteiger partial charge in [-0.1, -0.05) is 12.1 Å². The van der Waals surface area contributed by atoms with Crippen molar-refractivity contribution in [1.29, 1.82) is 0 Å². The van der Waals surface area contributed by atoms with Crippen LogP contribution < -0.4 is 20.1 Å². The highest BCUT2D eigenvalue weighted by atomic mass is 32.1. The third kappa shape index (κ3) is 5.55. The zero-order valence-electron chi connectivity index (χ0n) is 14.9. The van der Waals surface area contributed by atoms with Crippen LogP contribution in [0.15, 0.2) is 28.7 Å². The van der Waals surface area contributed by atoms with E-state index in [1.165, 1.54) is 0 Å². The molecule has 2 aromatic rings. The van der Waals surface area contributed by atoms with E-state index in [0.29, 0.717) is 24.7 Å². The van der Waals surface area contributed by atoms with Crippen LogP contribution in [0.4, 0.5) is 8.78 Å². The van der Waals surface area contributed by atoms with E-state index in [-0.39, 0.29) is 18.0 Å². The number of thiazole rings is 1. The van der Waals surface area contributed by atoms with Gasteiger partial charge in [-0.15, -0.1) is 11.3 Å². The number of ether oxygens (including phenoxy) is 2. The van der Waals surface area contributed by atoms with Crippen LogP contribution >= 0.6 is 11.3 Å². The van der Waals surface area contributed by atoms with Crippen molar-refractivity contribution in [3.63, 3.8) is 0 Å². The normalized spacial score (nSPS) is 11.5. The number of guanidine groups is 1. The van der Waals surface area contributed by atoms with Gasteiger partial charge >= 0.3 is 6.61 Å². The predicted octanol–water partition coefficient (Wildman–Crippen LogP) is 3.32. The van der Waals surface area contributed by atoms with Crippen molar-refractivity contribution in [3.05, 3.63) is 39.8 Å². The van der Waals surface area contributed by atoms with Crippen LogP contribution in [0.5, 0.6) is 11.5 Å². The van der Waals surface area contributed by atoms with Crippen LogP contribution in [0.2, 0.25) is 0 Å². The molecule has 9 heteroatoms. The first-order valence-corrected chi connectivity index (χ1v) is 8.96. The van der Waals surface area contributed by atoms with Crippen molar-refractivity contribution in [1.82, 2.24) is 15.6 Å². The molecule has 26 heavy (non-hydrogen) atoms. The molecule has 0 unspecified atom stereocenters. The first-order valence-electron chi connectivity index (χ1n) is 8.08. The Morgan fingerprint density at radius 1 is 1.31 bits per heavy atom. The Morgan fingerprint density at radius 2 is 2.08 bits per heavy atom. The summed E-state index contributed by atoms with van der Waals surface area (Å²) >= 11 is 1.56. The maximum atomic E-state index is 12.8. The molecule has 0 aliphatic heterocycles. The number of para-hydroxylation sites is 1. The molecule has 0 spiro atoms. The summed E-state index contributed by atoms with van der Waals surface area (Å²) in [6.07, 6.45) is 0. The molecule has 1 heterocycles. The lowest BCUT2D eigenvalue weighted by molar-refractivity contribution is -0.0520. The smallest absolute Gasteiger partial charge is 0.387 e. The summed E-state index contributed by atoms with van der Waals surface area (Å²) in [5.74, 6) is 0.864. The zero-order chi connectivity index (χ0) is 18.9. The van der Waals surface area contributed by atoms with E-state index in [2.05, 4.69) is 25.3 Å². The van der Waals surface area contributed by atoms with Crippen molar-refractivity contribution in [2.75, 3.05) is 13.7 Å². The number of alkyl halides is 2. The lowest BCUT2D eigenvalue weighted by Gasteiger charge is -2.17. The Bertz CT molecular complexity index is 737. The average molecular weight is 384 g/mol. The van der Waals surface area contributed by atoms with E-state index < -0.39 is 6.61 Å². The molecular formula is C17H22F2N4O2S. The molecule has 2 rings (SSSR count). The maximum Gasteiger partial charge on any atom is 0.387 e. The maximum absolute atomic E-state index is 12.8. The number of aryl methyl sites for hydroxylation is 1. The predicted molar refractivity (Wildman–Crippen MR) is 98.1 cm³/mol. The van der Waals surface area contributed by atoms with Crippen molar-refractivity contribution in [3.8, 4) is 11.5 Å². The summed E-state index contributed by atoms with van der Waals surface area (Å²) < 4.78 is 35.6. The summed E-state index contributed by atoms with van der Waals surface area (Å²) in [6, 6.07) is 5.04. The Morgan fingerprint density at radius 3 is 2.69 bits per heavy atom. The summed E-state index contributed by atoms with van der Waals surface area (Å²) in [7, 11) is 1.64. The van der Waals surface area contributed by atoms with Gasteiger partial charge in [-0.05, 0) is 19.9 Å². The lowest BCUT2D eigenvalue weighted by Crippen LogP contribution is -2.36. The van der Waals surface area contributed by atoms with Gasteiger partial charge in [-0.2, -0.15) is 8.78 Å². The minimum atomic E-state index is -2.93. The third-order valence-corrected chi connectivity index (χ3v) is 4.43. The van der Waals surface area contributed by atoms with Crippen molar-refractivity contribution in [2.24, 2.45) is 4.99 Å². The van der Waals surface area contributed by atoms with Gasteiger partial charge in [0.25, 0.3) is 0 Å². The number of aromatic nitrogens is 1. The number of benzene rings is 1. The van der Waals surface area contributed by atoms with E-state index in [1.807, 2.05) is 6.92 Å². The largest absolute Gasteiger partial charge is 0.490 e. The van der Waals surface area contributed by atoms with Crippen LogP contribution in [-0.2, 0) is 13.1 Å². The molecule has 0 bridgehead atoms. The lowest BCUT2D eigenvalue weighted by atomic mass is 10.2. The summed E-state index contributed by atoms with van der Waals surface area (Å²) in [5, 5.41) is 6.27. The van der Waals surface area contributed by atoms with Crippen LogP contribution in [0.3, 0.4) is 0 Å². The highest BCUT2D eigenvalue weighted by Crippen LogP contribution is 2.32. The SMILES string of the molecule is CCOc1cccc(CNC(=NC)NCc2scnc2C)c1OC(F)F. The molecule has 2 N–H and O–H groups in total. The van der Waals surface area contributed by atoms with Gasteiger partial charge in [0.15, 0.2) is 17.5 Å². The monoisotopic (exact) mass is 384 g/mol. The fraction of sp³-hybridized carbons (Fsp3) is 0.412. The van der Waals surface area contributed by atoms with Gasteiger partial charge in [-0.25, -0.2) is 4.98 Å². The highest BCUT2D eigenvalue weighted by Gasteiger charge is 2.16. The van der Waals surface area contributed by atoms with E-state index >= 15 is 0 Å². The van der Waals surface area contributed by atoms with E-state index in [1.54, 1.807) is 49.0 Å².